The van der Waals surface area contributed by atoms with Gasteiger partial charge < -0.3 is 56.0 Å². The topological polar surface area (TPSA) is 331 Å². The average Bonchev–Trinajstić information content (AvgIpc) is 3.83. The Balaban J connectivity index is 0.000000229. The lowest BCUT2D eigenvalue weighted by Crippen LogP contribution is -2.56. The molecule has 0 radical (unpaired) electrons. The van der Waals surface area contributed by atoms with E-state index in [2.05, 4.69) is 31.5 Å². The van der Waals surface area contributed by atoms with Crippen molar-refractivity contribution in [2.75, 3.05) is 13.1 Å². The Hall–Kier alpha value is -7.32. The molecule has 2 heterocycles. The maximum absolute atomic E-state index is 12.9. The first kappa shape index (κ1) is 48.3. The molecule has 0 aliphatic carbocycles. The molecular weight excluding hydrogens is 817 g/mol. The third-order valence-corrected chi connectivity index (χ3v) is 9.99. The van der Waals surface area contributed by atoms with Crippen LogP contribution in [0.5, 0.6) is 34.5 Å². The number of nitrogens with one attached hydrogen (secondary N) is 6. The molecule has 2 aromatic heterocycles. The van der Waals surface area contributed by atoms with Crippen molar-refractivity contribution in [3.8, 4) is 34.5 Å². The van der Waals surface area contributed by atoms with E-state index in [0.29, 0.717) is 36.4 Å². The van der Waals surface area contributed by atoms with Crippen LogP contribution in [0.15, 0.2) is 85.2 Å². The van der Waals surface area contributed by atoms with Crippen molar-refractivity contribution in [1.29, 1.82) is 0 Å². The molecule has 4 aromatic carbocycles. The predicted molar refractivity (Wildman–Crippen MR) is 235 cm³/mol. The van der Waals surface area contributed by atoms with Gasteiger partial charge in [-0.2, -0.15) is 0 Å². The first-order valence-corrected chi connectivity index (χ1v) is 19.6. The zero-order chi connectivity index (χ0) is 46.5. The molecular formula is C44H54N8O11. The molecule has 0 saturated carbocycles. The molecule has 336 valence electrons. The molecule has 19 nitrogen and oxygen atoms in total. The Morgan fingerprint density at radius 3 is 1.52 bits per heavy atom. The molecule has 2 amide bonds. The molecule has 63 heavy (non-hydrogen) atoms. The maximum Gasteiger partial charge on any atom is 0.333 e. The number of esters is 1. The lowest BCUT2D eigenvalue weighted by Gasteiger charge is -2.26. The van der Waals surface area contributed by atoms with Gasteiger partial charge in [0.15, 0.2) is 23.0 Å². The van der Waals surface area contributed by atoms with E-state index in [-0.39, 0.29) is 53.4 Å². The van der Waals surface area contributed by atoms with Gasteiger partial charge in [-0.05, 0) is 110 Å². The van der Waals surface area contributed by atoms with Crippen molar-refractivity contribution >= 4 is 45.6 Å². The number of phenols is 5. The number of carboxylic acids is 1. The van der Waals surface area contributed by atoms with Crippen LogP contribution in [-0.4, -0.2) is 88.5 Å². The van der Waals surface area contributed by atoms with E-state index in [9.17, 15) is 39.6 Å². The van der Waals surface area contributed by atoms with Crippen LogP contribution in [0.25, 0.3) is 21.8 Å². The lowest BCUT2D eigenvalue weighted by molar-refractivity contribution is -0.144. The summed E-state index contributed by atoms with van der Waals surface area (Å²) in [6, 6.07) is 18.9. The molecule has 0 saturated heterocycles. The third-order valence-electron chi connectivity index (χ3n) is 9.99. The number of hydrogen-bond donors (Lipinski definition) is 14. The van der Waals surface area contributed by atoms with Gasteiger partial charge in [-0.1, -0.05) is 12.1 Å². The number of phenolic OH excluding ortho intramolecular Hbond substituents is 5. The SMILES string of the molecule is CC(=O)NCCc1c[nH]c2ccc(O)cc12.CC(=O)NCCc1c[nH]c2ccc(OC(=O)C(C)(Cc3ccc(O)c(O)c3)NN)cc12.CC(Cc1ccc(O)c(O)c1)(NN)C(=O)O. The van der Waals surface area contributed by atoms with Crippen molar-refractivity contribution < 1.29 is 54.6 Å². The normalized spacial score (nSPS) is 12.7. The van der Waals surface area contributed by atoms with Crippen LogP contribution in [0, 0.1) is 0 Å². The number of rotatable bonds is 15. The molecule has 0 spiro atoms. The van der Waals surface area contributed by atoms with E-state index in [0.717, 1.165) is 39.4 Å². The van der Waals surface area contributed by atoms with Crippen LogP contribution >= 0.6 is 0 Å². The number of aromatic hydroxyl groups is 5. The number of amides is 2. The summed E-state index contributed by atoms with van der Waals surface area (Å²) >= 11 is 0. The number of aromatic amines is 2. The predicted octanol–water partition coefficient (Wildman–Crippen LogP) is 3.13. The zero-order valence-electron chi connectivity index (χ0n) is 35.2. The van der Waals surface area contributed by atoms with Crippen molar-refractivity contribution in [3.63, 3.8) is 0 Å². The second kappa shape index (κ2) is 21.5. The summed E-state index contributed by atoms with van der Waals surface area (Å²) in [7, 11) is 0. The number of benzene rings is 4. The molecule has 19 heteroatoms. The molecule has 2 unspecified atom stereocenters. The summed E-state index contributed by atoms with van der Waals surface area (Å²) in [5.74, 6) is 8.56. The smallest absolute Gasteiger partial charge is 0.333 e. The maximum atomic E-state index is 12.9. The number of hydrogen-bond acceptors (Lipinski definition) is 14. The summed E-state index contributed by atoms with van der Waals surface area (Å²) in [5.41, 5.74) is 7.24. The van der Waals surface area contributed by atoms with Gasteiger partial charge in [0, 0.05) is 74.0 Å². The van der Waals surface area contributed by atoms with E-state index >= 15 is 0 Å². The fourth-order valence-corrected chi connectivity index (χ4v) is 6.31. The summed E-state index contributed by atoms with van der Waals surface area (Å²) in [6.45, 7) is 7.10. The van der Waals surface area contributed by atoms with Gasteiger partial charge in [-0.3, -0.25) is 26.1 Å². The first-order chi connectivity index (χ1) is 29.8. The number of carboxylic acid groups (broad SMARTS) is 1. The van der Waals surface area contributed by atoms with E-state index in [1.54, 1.807) is 37.3 Å². The van der Waals surface area contributed by atoms with Crippen molar-refractivity contribution in [1.82, 2.24) is 31.5 Å². The number of aliphatic carboxylic acids is 1. The van der Waals surface area contributed by atoms with Crippen molar-refractivity contribution in [3.05, 3.63) is 107 Å². The number of ether oxygens (including phenoxy) is 1. The van der Waals surface area contributed by atoms with Crippen LogP contribution in [0.1, 0.15) is 49.9 Å². The molecule has 0 aliphatic rings. The van der Waals surface area contributed by atoms with Crippen LogP contribution in [0.2, 0.25) is 0 Å². The number of nitrogens with two attached hydrogens (primary N) is 2. The van der Waals surface area contributed by atoms with E-state index in [1.807, 2.05) is 24.5 Å². The molecule has 0 aliphatic heterocycles. The van der Waals surface area contributed by atoms with E-state index in [4.69, 9.17) is 26.6 Å². The highest BCUT2D eigenvalue weighted by Crippen LogP contribution is 2.30. The minimum atomic E-state index is -1.32. The largest absolute Gasteiger partial charge is 0.508 e. The van der Waals surface area contributed by atoms with Gasteiger partial charge in [0.25, 0.3) is 0 Å². The summed E-state index contributed by atoms with van der Waals surface area (Å²) in [4.78, 5) is 52.0. The number of carbonyl (C=O) groups is 4. The third kappa shape index (κ3) is 13.3. The molecule has 16 N–H and O–H groups in total. The fraction of sp³-hybridized carbons (Fsp3) is 0.273. The highest BCUT2D eigenvalue weighted by atomic mass is 16.5. The highest BCUT2D eigenvalue weighted by Gasteiger charge is 2.35. The Kier molecular flexibility index (Phi) is 16.5. The summed E-state index contributed by atoms with van der Waals surface area (Å²) in [5, 5.41) is 63.3. The minimum absolute atomic E-state index is 0.0253. The van der Waals surface area contributed by atoms with Gasteiger partial charge in [-0.15, -0.1) is 0 Å². The van der Waals surface area contributed by atoms with Gasteiger partial charge in [0.1, 0.15) is 22.6 Å². The quantitative estimate of drug-likeness (QED) is 0.0232. The number of fused-ring (bicyclic) bond motifs is 2. The van der Waals surface area contributed by atoms with E-state index in [1.165, 1.54) is 51.1 Å². The Morgan fingerprint density at radius 2 is 1.08 bits per heavy atom. The van der Waals surface area contributed by atoms with Gasteiger partial charge in [-0.25, -0.2) is 15.6 Å². The minimum Gasteiger partial charge on any atom is -0.508 e. The number of carbonyl (C=O) groups excluding carboxylic acids is 3. The standard InChI is InChI=1S/C22H26N4O5.C12H14N2O2.C10H14N2O4/c1-13(27)24-8-7-15-12-25-18-5-4-16(10-17(15)18)31-21(30)22(2,26-23)11-14-3-6-19(28)20(29)9-14;1-8(15)13-5-4-9-7-14-12-3-2-10(16)6-11(9)12;1-10(12-11,9(15)16)5-6-2-3-7(13)8(14)4-6/h3-6,9-10,12,25-26,28-29H,7-8,11,23H2,1-2H3,(H,24,27);2-3,6-7,14,16H,4-5H2,1H3,(H,13,15);2-4,12-14H,5,11H2,1H3,(H,15,16). The zero-order valence-corrected chi connectivity index (χ0v) is 35.2. The van der Waals surface area contributed by atoms with Crippen LogP contribution < -0.4 is 37.9 Å². The Morgan fingerprint density at radius 1 is 0.619 bits per heavy atom. The second-order valence-electron chi connectivity index (χ2n) is 15.2. The van der Waals surface area contributed by atoms with Gasteiger partial charge in [0.2, 0.25) is 11.8 Å². The Labute approximate surface area is 362 Å². The van der Waals surface area contributed by atoms with E-state index < -0.39 is 23.0 Å². The second-order valence-corrected chi connectivity index (χ2v) is 15.2. The van der Waals surface area contributed by atoms with Crippen LogP contribution in [0.4, 0.5) is 0 Å². The van der Waals surface area contributed by atoms with Gasteiger partial charge >= 0.3 is 11.9 Å². The molecule has 2 atom stereocenters. The fourth-order valence-electron chi connectivity index (χ4n) is 6.31. The summed E-state index contributed by atoms with van der Waals surface area (Å²) in [6.07, 6.45) is 5.37. The number of H-pyrrole nitrogens is 2. The molecule has 6 aromatic rings. The van der Waals surface area contributed by atoms with Crippen molar-refractivity contribution in [2.24, 2.45) is 11.7 Å². The first-order valence-electron chi connectivity index (χ1n) is 19.6. The highest BCUT2D eigenvalue weighted by molar-refractivity contribution is 5.88. The average molecular weight is 871 g/mol. The lowest BCUT2D eigenvalue weighted by atomic mass is 9.93. The van der Waals surface area contributed by atoms with Crippen LogP contribution in [-0.2, 0) is 44.9 Å². The van der Waals surface area contributed by atoms with Crippen LogP contribution in [0.3, 0.4) is 0 Å². The molecule has 0 fully saturated rings. The molecule has 0 bridgehead atoms. The van der Waals surface area contributed by atoms with Gasteiger partial charge in [0.05, 0.1) is 0 Å². The number of hydrazine groups is 2. The molecule has 6 rings (SSSR count). The number of aromatic nitrogens is 2. The van der Waals surface area contributed by atoms with Crippen molar-refractivity contribution in [2.45, 2.75) is 64.5 Å². The Bertz CT molecular complexity index is 2560. The summed E-state index contributed by atoms with van der Waals surface area (Å²) < 4.78 is 5.59. The monoisotopic (exact) mass is 870 g/mol.